The third-order valence-corrected chi connectivity index (χ3v) is 8.26. The molecule has 3 atom stereocenters. The molecule has 0 radical (unpaired) electrons. The van der Waals surface area contributed by atoms with E-state index >= 15 is 0 Å². The van der Waals surface area contributed by atoms with Crippen molar-refractivity contribution in [2.75, 3.05) is 31.1 Å². The largest absolute Gasteiger partial charge is 0.416 e. The predicted molar refractivity (Wildman–Crippen MR) is 136 cm³/mol. The Labute approximate surface area is 228 Å². The predicted octanol–water partition coefficient (Wildman–Crippen LogP) is 5.78. The Hall–Kier alpha value is -2.99. The third-order valence-electron chi connectivity index (χ3n) is 8.26. The highest BCUT2D eigenvalue weighted by Crippen LogP contribution is 2.37. The average Bonchev–Trinajstić information content (AvgIpc) is 3.36. The van der Waals surface area contributed by atoms with Gasteiger partial charge in [0.15, 0.2) is 0 Å². The van der Waals surface area contributed by atoms with Crippen LogP contribution in [-0.2, 0) is 11.0 Å². The zero-order valence-corrected chi connectivity index (χ0v) is 22.0. The number of rotatable bonds is 8. The van der Waals surface area contributed by atoms with Gasteiger partial charge < -0.3 is 15.1 Å². The normalized spacial score (nSPS) is 24.6. The minimum atomic E-state index is -4.69. The third kappa shape index (κ3) is 7.60. The van der Waals surface area contributed by atoms with Crippen LogP contribution in [0.1, 0.15) is 56.9 Å². The second-order valence-corrected chi connectivity index (χ2v) is 11.0. The number of likely N-dealkylation sites (tertiary alicyclic amines) is 1. The van der Waals surface area contributed by atoms with Crippen LogP contribution in [0.3, 0.4) is 0 Å². The highest BCUT2D eigenvalue weighted by molar-refractivity contribution is 5.76. The molecular weight excluding hydrogens is 542 g/mol. The highest BCUT2D eigenvalue weighted by atomic mass is 19.4. The van der Waals surface area contributed by atoms with E-state index in [2.05, 4.69) is 10.2 Å². The molecule has 0 spiro atoms. The van der Waals surface area contributed by atoms with Gasteiger partial charge in [0.25, 0.3) is 0 Å². The lowest BCUT2D eigenvalue weighted by Crippen LogP contribution is -2.42. The first-order chi connectivity index (χ1) is 18.8. The molecule has 3 aliphatic rings. The summed E-state index contributed by atoms with van der Waals surface area (Å²) in [4.78, 5) is 26.7. The molecule has 0 bridgehead atoms. The van der Waals surface area contributed by atoms with Gasteiger partial charge in [-0.3, -0.25) is 14.9 Å². The van der Waals surface area contributed by atoms with Gasteiger partial charge in [-0.25, -0.2) is 0 Å². The number of hydrogen-bond donors (Lipinski definition) is 1. The number of carbonyl (C=O) groups excluding carboxylic acids is 1. The molecular formula is C27H34F6N4O3. The molecule has 2 heterocycles. The average molecular weight is 577 g/mol. The summed E-state index contributed by atoms with van der Waals surface area (Å²) in [6, 6.07) is 3.34. The number of alkyl halides is 6. The van der Waals surface area contributed by atoms with E-state index in [-0.39, 0.29) is 24.8 Å². The summed E-state index contributed by atoms with van der Waals surface area (Å²) in [7, 11) is 0. The summed E-state index contributed by atoms with van der Waals surface area (Å²) < 4.78 is 78.4. The monoisotopic (exact) mass is 576 g/mol. The van der Waals surface area contributed by atoms with E-state index in [9.17, 15) is 41.3 Å². The lowest BCUT2D eigenvalue weighted by atomic mass is 9.88. The second kappa shape index (κ2) is 12.3. The van der Waals surface area contributed by atoms with E-state index in [0.29, 0.717) is 37.5 Å². The molecule has 13 heteroatoms. The number of carbonyl (C=O) groups is 1. The Morgan fingerprint density at radius 1 is 1.00 bits per heavy atom. The van der Waals surface area contributed by atoms with E-state index in [0.717, 1.165) is 62.7 Å². The van der Waals surface area contributed by atoms with Crippen molar-refractivity contribution in [2.24, 2.45) is 11.8 Å². The van der Waals surface area contributed by atoms with Crippen molar-refractivity contribution in [1.82, 2.24) is 10.2 Å². The number of amides is 1. The van der Waals surface area contributed by atoms with Crippen molar-refractivity contribution in [2.45, 2.75) is 75.8 Å². The molecule has 40 heavy (non-hydrogen) atoms. The van der Waals surface area contributed by atoms with Crippen molar-refractivity contribution in [3.05, 3.63) is 51.7 Å². The highest BCUT2D eigenvalue weighted by Gasteiger charge is 2.51. The lowest BCUT2D eigenvalue weighted by Gasteiger charge is -2.34. The molecule has 2 unspecified atom stereocenters. The van der Waals surface area contributed by atoms with Crippen LogP contribution in [-0.4, -0.2) is 60.2 Å². The molecule has 4 rings (SSSR count). The summed E-state index contributed by atoms with van der Waals surface area (Å²) in [5.41, 5.74) is 0.458. The molecule has 2 fully saturated rings. The first-order valence-electron chi connectivity index (χ1n) is 13.7. The van der Waals surface area contributed by atoms with Gasteiger partial charge in [0, 0.05) is 61.4 Å². The minimum Gasteiger partial charge on any atom is -0.384 e. The SMILES string of the molecule is O=C(CCCC1CCN(c2ccc(C(F)(F)F)cc2)CC1)N1CC[C@@H](NC2=CC(C(F)(F)F)C([N+](=O)[O-])CC2)C1. The summed E-state index contributed by atoms with van der Waals surface area (Å²) in [5, 5.41) is 14.1. The molecule has 1 aliphatic carbocycles. The zero-order chi connectivity index (χ0) is 29.1. The van der Waals surface area contributed by atoms with Crippen molar-refractivity contribution in [3.63, 3.8) is 0 Å². The smallest absolute Gasteiger partial charge is 0.384 e. The number of anilines is 1. The van der Waals surface area contributed by atoms with E-state index in [1.807, 2.05) is 0 Å². The molecule has 2 aliphatic heterocycles. The number of nitrogens with one attached hydrogen (secondary N) is 1. The summed E-state index contributed by atoms with van der Waals surface area (Å²) in [6.45, 7) is 2.39. The van der Waals surface area contributed by atoms with Crippen LogP contribution in [0.15, 0.2) is 36.0 Å². The fourth-order valence-corrected chi connectivity index (χ4v) is 5.97. The van der Waals surface area contributed by atoms with Gasteiger partial charge in [0.2, 0.25) is 11.9 Å². The molecule has 1 N–H and O–H groups in total. The quantitative estimate of drug-likeness (QED) is 0.241. The topological polar surface area (TPSA) is 78.7 Å². The van der Waals surface area contributed by atoms with E-state index in [4.69, 9.17) is 0 Å². The number of hydrogen-bond acceptors (Lipinski definition) is 5. The Bertz CT molecular complexity index is 1070. The number of nitrogens with zero attached hydrogens (tertiary/aromatic N) is 3. The maximum absolute atomic E-state index is 13.3. The van der Waals surface area contributed by atoms with E-state index < -0.39 is 34.8 Å². The van der Waals surface area contributed by atoms with Crippen LogP contribution in [0.25, 0.3) is 0 Å². The number of piperidine rings is 1. The van der Waals surface area contributed by atoms with Gasteiger partial charge in [0.1, 0.15) is 5.92 Å². The molecule has 2 saturated heterocycles. The van der Waals surface area contributed by atoms with Gasteiger partial charge in [-0.1, -0.05) is 0 Å². The van der Waals surface area contributed by atoms with Crippen molar-refractivity contribution in [1.29, 1.82) is 0 Å². The van der Waals surface area contributed by atoms with Crippen LogP contribution in [0, 0.1) is 22.0 Å². The zero-order valence-electron chi connectivity index (χ0n) is 22.0. The molecule has 0 aromatic heterocycles. The Kier molecular flexibility index (Phi) is 9.19. The van der Waals surface area contributed by atoms with E-state index in [1.165, 1.54) is 12.1 Å². The maximum Gasteiger partial charge on any atom is 0.416 e. The van der Waals surface area contributed by atoms with Crippen LogP contribution in [0.4, 0.5) is 32.0 Å². The Morgan fingerprint density at radius 3 is 2.27 bits per heavy atom. The fraction of sp³-hybridized carbons (Fsp3) is 0.667. The van der Waals surface area contributed by atoms with Crippen LogP contribution >= 0.6 is 0 Å². The van der Waals surface area contributed by atoms with Crippen LogP contribution < -0.4 is 10.2 Å². The molecule has 1 aromatic carbocycles. The molecule has 0 saturated carbocycles. The Morgan fingerprint density at radius 2 is 1.68 bits per heavy atom. The lowest BCUT2D eigenvalue weighted by molar-refractivity contribution is -0.540. The Balaban J connectivity index is 1.16. The molecule has 222 valence electrons. The first-order valence-corrected chi connectivity index (χ1v) is 13.7. The summed E-state index contributed by atoms with van der Waals surface area (Å²) >= 11 is 0. The fourth-order valence-electron chi connectivity index (χ4n) is 5.97. The molecule has 1 amide bonds. The minimum absolute atomic E-state index is 0.00528. The van der Waals surface area contributed by atoms with Gasteiger partial charge >= 0.3 is 12.4 Å². The second-order valence-electron chi connectivity index (χ2n) is 11.0. The van der Waals surface area contributed by atoms with Gasteiger partial charge in [-0.15, -0.1) is 0 Å². The number of nitro groups is 1. The van der Waals surface area contributed by atoms with Crippen molar-refractivity contribution in [3.8, 4) is 0 Å². The number of benzene rings is 1. The van der Waals surface area contributed by atoms with Gasteiger partial charge in [-0.2, -0.15) is 26.3 Å². The summed E-state index contributed by atoms with van der Waals surface area (Å²) in [5.74, 6) is -1.68. The number of halogens is 6. The summed E-state index contributed by atoms with van der Waals surface area (Å²) in [6.07, 6.45) is -3.75. The standard InChI is InChI=1S/C27H34F6N4O3/c28-26(29,30)19-4-7-22(8-5-19)35-13-10-18(11-14-35)2-1-3-25(38)36-15-12-21(17-36)34-20-6-9-24(37(39)40)23(16-20)27(31,32)33/h4-5,7-8,16,18,21,23-24,34H,1-3,6,9-15,17H2/t21-,23?,24?/m1/s1. The van der Waals surface area contributed by atoms with Gasteiger partial charge in [0.05, 0.1) is 5.56 Å². The van der Waals surface area contributed by atoms with Crippen LogP contribution in [0.5, 0.6) is 0 Å². The molecule has 1 aromatic rings. The van der Waals surface area contributed by atoms with Crippen LogP contribution in [0.2, 0.25) is 0 Å². The van der Waals surface area contributed by atoms with Crippen molar-refractivity contribution >= 4 is 11.6 Å². The molecule has 7 nitrogen and oxygen atoms in total. The van der Waals surface area contributed by atoms with Gasteiger partial charge in [-0.05, 0) is 74.8 Å². The first kappa shape index (κ1) is 30.0. The number of allylic oxidation sites excluding steroid dienone is 1. The van der Waals surface area contributed by atoms with E-state index in [1.54, 1.807) is 4.90 Å². The van der Waals surface area contributed by atoms with Crippen molar-refractivity contribution < 1.29 is 36.1 Å². The maximum atomic E-state index is 13.3.